The van der Waals surface area contributed by atoms with Crippen LogP contribution in [0, 0.1) is 13.8 Å². The molecule has 3 rings (SSSR count). The third-order valence-corrected chi connectivity index (χ3v) is 5.67. The summed E-state index contributed by atoms with van der Waals surface area (Å²) >= 11 is 1.59. The van der Waals surface area contributed by atoms with Crippen molar-refractivity contribution in [1.29, 1.82) is 0 Å². The second-order valence-electron chi connectivity index (χ2n) is 8.02. The Kier molecular flexibility index (Phi) is 3.80. The van der Waals surface area contributed by atoms with E-state index in [1.807, 2.05) is 13.8 Å². The van der Waals surface area contributed by atoms with Crippen molar-refractivity contribution in [2.75, 3.05) is 5.32 Å². The van der Waals surface area contributed by atoms with Gasteiger partial charge in [-0.3, -0.25) is 9.78 Å². The summed E-state index contributed by atoms with van der Waals surface area (Å²) in [4.78, 5) is 21.9. The van der Waals surface area contributed by atoms with E-state index < -0.39 is 0 Å². The van der Waals surface area contributed by atoms with Gasteiger partial charge in [0, 0.05) is 22.0 Å². The van der Waals surface area contributed by atoms with Gasteiger partial charge < -0.3 is 10.6 Å². The molecule has 5 nitrogen and oxygen atoms in total. The predicted molar refractivity (Wildman–Crippen MR) is 97.7 cm³/mol. The Morgan fingerprint density at radius 3 is 2.39 bits per heavy atom. The van der Waals surface area contributed by atoms with Crippen LogP contribution in [0.1, 0.15) is 51.0 Å². The van der Waals surface area contributed by atoms with Crippen LogP contribution in [-0.2, 0) is 0 Å². The number of thiophene rings is 1. The van der Waals surface area contributed by atoms with Crippen LogP contribution in [0.15, 0.2) is 4.79 Å². The number of piperidine rings is 1. The molecule has 0 unspecified atom stereocenters. The quantitative estimate of drug-likeness (QED) is 0.788. The summed E-state index contributed by atoms with van der Waals surface area (Å²) in [5.41, 5.74) is 1.10. The van der Waals surface area contributed by atoms with E-state index in [1.54, 1.807) is 11.3 Å². The first-order valence-electron chi connectivity index (χ1n) is 8.12. The lowest BCUT2D eigenvalue weighted by Gasteiger charge is -2.46. The fourth-order valence-corrected chi connectivity index (χ4v) is 4.97. The molecule has 0 radical (unpaired) electrons. The number of hydrogen-bond acceptors (Lipinski definition) is 5. The summed E-state index contributed by atoms with van der Waals surface area (Å²) < 4.78 is 0. The Bertz CT molecular complexity index is 787. The van der Waals surface area contributed by atoms with Crippen molar-refractivity contribution < 1.29 is 0 Å². The highest BCUT2D eigenvalue weighted by molar-refractivity contribution is 7.18. The number of fused-ring (bicyclic) bond motifs is 1. The first-order valence-corrected chi connectivity index (χ1v) is 8.94. The lowest BCUT2D eigenvalue weighted by atomic mass is 9.80. The third kappa shape index (κ3) is 3.28. The number of H-pyrrole nitrogens is 1. The molecule has 0 aliphatic carbocycles. The number of aromatic amines is 1. The number of anilines is 1. The smallest absolute Gasteiger partial charge is 0.261 e. The van der Waals surface area contributed by atoms with E-state index in [4.69, 9.17) is 0 Å². The number of aryl methyl sites for hydroxylation is 2. The molecule has 2 aromatic heterocycles. The van der Waals surface area contributed by atoms with Crippen molar-refractivity contribution in [3.05, 3.63) is 20.8 Å². The number of nitrogens with one attached hydrogen (secondary N) is 3. The standard InChI is InChI=1S/C17H26N4OS/c1-9-10(2)23-14-12(9)13(22)19-15(20-14)18-11-7-16(3,4)21-17(5,6)8-11/h11,21H,7-8H2,1-6H3,(H2,18,19,20,22). The lowest BCUT2D eigenvalue weighted by Crippen LogP contribution is -2.60. The molecular weight excluding hydrogens is 308 g/mol. The maximum Gasteiger partial charge on any atom is 0.261 e. The zero-order valence-electron chi connectivity index (χ0n) is 14.8. The molecule has 0 atom stereocenters. The second kappa shape index (κ2) is 5.31. The lowest BCUT2D eigenvalue weighted by molar-refractivity contribution is 0.170. The van der Waals surface area contributed by atoms with E-state index in [0.717, 1.165) is 33.5 Å². The fourth-order valence-electron chi connectivity index (χ4n) is 3.94. The summed E-state index contributed by atoms with van der Waals surface area (Å²) in [6, 6.07) is 0.281. The monoisotopic (exact) mass is 334 g/mol. The van der Waals surface area contributed by atoms with Gasteiger partial charge in [-0.1, -0.05) is 0 Å². The summed E-state index contributed by atoms with van der Waals surface area (Å²) in [7, 11) is 0. The van der Waals surface area contributed by atoms with Crippen LogP contribution < -0.4 is 16.2 Å². The second-order valence-corrected chi connectivity index (χ2v) is 9.22. The Labute approximate surface area is 140 Å². The summed E-state index contributed by atoms with van der Waals surface area (Å²) in [6.45, 7) is 12.9. The number of nitrogens with zero attached hydrogens (tertiary/aromatic N) is 1. The van der Waals surface area contributed by atoms with Crippen molar-refractivity contribution in [2.24, 2.45) is 0 Å². The van der Waals surface area contributed by atoms with Crippen molar-refractivity contribution in [1.82, 2.24) is 15.3 Å². The molecule has 1 aliphatic heterocycles. The maximum absolute atomic E-state index is 12.4. The Balaban J connectivity index is 1.91. The molecule has 1 aliphatic rings. The minimum atomic E-state index is -0.0493. The Morgan fingerprint density at radius 1 is 1.17 bits per heavy atom. The van der Waals surface area contributed by atoms with E-state index in [0.29, 0.717) is 5.95 Å². The average Bonchev–Trinajstić information content (AvgIpc) is 2.60. The van der Waals surface area contributed by atoms with Gasteiger partial charge in [0.15, 0.2) is 0 Å². The minimum absolute atomic E-state index is 0.0493. The van der Waals surface area contributed by atoms with E-state index in [2.05, 4.69) is 48.3 Å². The van der Waals surface area contributed by atoms with Crippen LogP contribution in [0.5, 0.6) is 0 Å². The minimum Gasteiger partial charge on any atom is -0.353 e. The number of hydrogen-bond donors (Lipinski definition) is 3. The molecule has 3 N–H and O–H groups in total. The van der Waals surface area contributed by atoms with Gasteiger partial charge in [0.05, 0.1) is 5.39 Å². The molecule has 126 valence electrons. The van der Waals surface area contributed by atoms with Crippen molar-refractivity contribution in [2.45, 2.75) is 71.5 Å². The highest BCUT2D eigenvalue weighted by atomic mass is 32.1. The van der Waals surface area contributed by atoms with Crippen molar-refractivity contribution >= 4 is 27.5 Å². The van der Waals surface area contributed by atoms with Gasteiger partial charge in [-0.15, -0.1) is 11.3 Å². The molecule has 0 spiro atoms. The van der Waals surface area contributed by atoms with Gasteiger partial charge in [-0.05, 0) is 59.9 Å². The molecule has 0 bridgehead atoms. The molecule has 2 aromatic rings. The van der Waals surface area contributed by atoms with Crippen LogP contribution in [0.25, 0.3) is 10.2 Å². The molecule has 3 heterocycles. The molecular formula is C17H26N4OS. The molecule has 23 heavy (non-hydrogen) atoms. The fraction of sp³-hybridized carbons (Fsp3) is 0.647. The van der Waals surface area contributed by atoms with E-state index >= 15 is 0 Å². The molecule has 1 saturated heterocycles. The Hall–Kier alpha value is -1.40. The molecule has 6 heteroatoms. The average molecular weight is 334 g/mol. The normalized spacial score (nSPS) is 20.8. The van der Waals surface area contributed by atoms with Crippen LogP contribution in [0.2, 0.25) is 0 Å². The number of rotatable bonds is 2. The van der Waals surface area contributed by atoms with E-state index in [-0.39, 0.29) is 22.7 Å². The molecule has 0 aromatic carbocycles. The van der Waals surface area contributed by atoms with Gasteiger partial charge in [0.2, 0.25) is 5.95 Å². The van der Waals surface area contributed by atoms with Gasteiger partial charge >= 0.3 is 0 Å². The third-order valence-electron chi connectivity index (χ3n) is 4.57. The van der Waals surface area contributed by atoms with Crippen LogP contribution in [0.4, 0.5) is 5.95 Å². The molecule has 0 amide bonds. The van der Waals surface area contributed by atoms with Gasteiger partial charge in [0.25, 0.3) is 5.56 Å². The van der Waals surface area contributed by atoms with Crippen molar-refractivity contribution in [3.63, 3.8) is 0 Å². The molecule has 0 saturated carbocycles. The largest absolute Gasteiger partial charge is 0.353 e. The van der Waals surface area contributed by atoms with Crippen LogP contribution >= 0.6 is 11.3 Å². The van der Waals surface area contributed by atoms with Gasteiger partial charge in [-0.2, -0.15) is 0 Å². The first kappa shape index (κ1) is 16.5. The predicted octanol–water partition coefficient (Wildman–Crippen LogP) is 3.32. The van der Waals surface area contributed by atoms with Crippen LogP contribution in [-0.4, -0.2) is 27.1 Å². The topological polar surface area (TPSA) is 69.8 Å². The highest BCUT2D eigenvalue weighted by Gasteiger charge is 2.37. The maximum atomic E-state index is 12.4. The van der Waals surface area contributed by atoms with Crippen molar-refractivity contribution in [3.8, 4) is 0 Å². The summed E-state index contributed by atoms with van der Waals surface area (Å²) in [5, 5.41) is 7.85. The Morgan fingerprint density at radius 2 is 1.78 bits per heavy atom. The van der Waals surface area contributed by atoms with E-state index in [9.17, 15) is 4.79 Å². The van der Waals surface area contributed by atoms with Gasteiger partial charge in [-0.25, -0.2) is 4.98 Å². The summed E-state index contributed by atoms with van der Waals surface area (Å²) in [6.07, 6.45) is 1.97. The molecule has 1 fully saturated rings. The summed E-state index contributed by atoms with van der Waals surface area (Å²) in [5.74, 6) is 0.585. The van der Waals surface area contributed by atoms with E-state index in [1.165, 1.54) is 0 Å². The zero-order valence-corrected chi connectivity index (χ0v) is 15.6. The first-order chi connectivity index (χ1) is 10.6. The SMILES string of the molecule is Cc1sc2nc(NC3CC(C)(C)NC(C)(C)C3)[nH]c(=O)c2c1C. The van der Waals surface area contributed by atoms with Crippen LogP contribution in [0.3, 0.4) is 0 Å². The highest BCUT2D eigenvalue weighted by Crippen LogP contribution is 2.31. The number of aromatic nitrogens is 2. The van der Waals surface area contributed by atoms with Gasteiger partial charge in [0.1, 0.15) is 4.83 Å². The zero-order chi connectivity index (χ0) is 17.0.